The van der Waals surface area contributed by atoms with Crippen molar-refractivity contribution in [1.82, 2.24) is 20.5 Å². The molecule has 2 heterocycles. The molecule has 1 fully saturated rings. The van der Waals surface area contributed by atoms with Crippen LogP contribution in [0.15, 0.2) is 11.2 Å². The van der Waals surface area contributed by atoms with Gasteiger partial charge in [-0.25, -0.2) is 4.98 Å². The third kappa shape index (κ3) is 8.17. The maximum Gasteiger partial charge on any atom is 0.220 e. The van der Waals surface area contributed by atoms with Gasteiger partial charge in [-0.15, -0.1) is 35.3 Å². The topological polar surface area (TPSA) is 95.6 Å². The molecule has 1 saturated heterocycles. The summed E-state index contributed by atoms with van der Waals surface area (Å²) in [5.74, 6) is 0.750. The van der Waals surface area contributed by atoms with Crippen LogP contribution in [-0.4, -0.2) is 55.0 Å². The van der Waals surface area contributed by atoms with E-state index in [1.807, 2.05) is 6.20 Å². The zero-order valence-electron chi connectivity index (χ0n) is 15.7. The van der Waals surface area contributed by atoms with Gasteiger partial charge in [0.25, 0.3) is 0 Å². The number of primary amides is 1. The van der Waals surface area contributed by atoms with Crippen LogP contribution in [0.1, 0.15) is 35.6 Å². The van der Waals surface area contributed by atoms with E-state index in [4.69, 9.17) is 5.73 Å². The van der Waals surface area contributed by atoms with E-state index in [1.54, 1.807) is 18.4 Å². The number of hydrogen-bond donors (Lipinski definition) is 3. The predicted octanol–water partition coefficient (Wildman–Crippen LogP) is 1.71. The van der Waals surface area contributed by atoms with Gasteiger partial charge in [0.1, 0.15) is 5.01 Å². The Labute approximate surface area is 177 Å². The van der Waals surface area contributed by atoms with Gasteiger partial charge < -0.3 is 21.3 Å². The smallest absolute Gasteiger partial charge is 0.220 e. The van der Waals surface area contributed by atoms with Crippen molar-refractivity contribution in [2.75, 3.05) is 33.2 Å². The fraction of sp³-hybridized carbons (Fsp3) is 0.706. The van der Waals surface area contributed by atoms with E-state index in [-0.39, 0.29) is 35.8 Å². The lowest BCUT2D eigenvalue weighted by Crippen LogP contribution is -2.39. The first-order valence-corrected chi connectivity index (χ1v) is 9.77. The number of nitrogens with zero attached hydrogens (tertiary/aromatic N) is 3. The number of amides is 1. The zero-order valence-corrected chi connectivity index (χ0v) is 18.8. The van der Waals surface area contributed by atoms with Crippen LogP contribution >= 0.6 is 35.3 Å². The molecule has 148 valence electrons. The monoisotopic (exact) mass is 494 g/mol. The Balaban J connectivity index is 0.00000338. The van der Waals surface area contributed by atoms with Crippen molar-refractivity contribution in [3.05, 3.63) is 16.1 Å². The lowest BCUT2D eigenvalue weighted by molar-refractivity contribution is -0.123. The van der Waals surface area contributed by atoms with Crippen molar-refractivity contribution in [3.63, 3.8) is 0 Å². The quantitative estimate of drug-likeness (QED) is 0.221. The second kappa shape index (κ2) is 12.4. The van der Waals surface area contributed by atoms with Crippen LogP contribution in [0.4, 0.5) is 0 Å². The summed E-state index contributed by atoms with van der Waals surface area (Å²) < 4.78 is 0. The third-order valence-corrected chi connectivity index (χ3v) is 5.40. The van der Waals surface area contributed by atoms with Crippen molar-refractivity contribution in [3.8, 4) is 0 Å². The largest absolute Gasteiger partial charge is 0.369 e. The molecule has 1 aromatic heterocycles. The molecule has 2 rings (SSSR count). The predicted molar refractivity (Wildman–Crippen MR) is 118 cm³/mol. The number of nitrogens with two attached hydrogens (primary N) is 1. The summed E-state index contributed by atoms with van der Waals surface area (Å²) in [6.45, 7) is 6.71. The molecule has 0 aliphatic carbocycles. The summed E-state index contributed by atoms with van der Waals surface area (Å²) in [6, 6.07) is 0. The number of carbonyl (C=O) groups excluding carboxylic acids is 1. The number of piperidine rings is 1. The number of thiazole rings is 1. The molecule has 0 unspecified atom stereocenters. The van der Waals surface area contributed by atoms with E-state index in [0.717, 1.165) is 62.8 Å². The summed E-state index contributed by atoms with van der Waals surface area (Å²) in [7, 11) is 1.78. The fourth-order valence-corrected chi connectivity index (χ4v) is 3.70. The standard InChI is InChI=1S/C17H30N6OS.HI/c1-13-11-21-15(25-13)12-22-17(19-2)20-7-3-4-8-23-9-5-14(6-10-23)16(18)24;/h11,14H,3-10,12H2,1-2H3,(H2,18,24)(H2,19,20,22);1H. The van der Waals surface area contributed by atoms with Gasteiger partial charge >= 0.3 is 0 Å². The number of aliphatic imine (C=N–C) groups is 1. The number of rotatable bonds is 8. The van der Waals surface area contributed by atoms with E-state index in [9.17, 15) is 4.79 Å². The van der Waals surface area contributed by atoms with Crippen molar-refractivity contribution in [1.29, 1.82) is 0 Å². The average molecular weight is 494 g/mol. The van der Waals surface area contributed by atoms with E-state index < -0.39 is 0 Å². The highest BCUT2D eigenvalue weighted by atomic mass is 127. The van der Waals surface area contributed by atoms with Gasteiger partial charge in [-0.2, -0.15) is 0 Å². The summed E-state index contributed by atoms with van der Waals surface area (Å²) in [5, 5.41) is 7.70. The molecule has 1 aliphatic heterocycles. The third-order valence-electron chi connectivity index (χ3n) is 4.48. The van der Waals surface area contributed by atoms with Crippen LogP contribution in [-0.2, 0) is 11.3 Å². The Bertz CT molecular complexity index is 571. The van der Waals surface area contributed by atoms with E-state index in [0.29, 0.717) is 6.54 Å². The molecule has 4 N–H and O–H groups in total. The molecular formula is C17H31IN6OS. The molecule has 7 nitrogen and oxygen atoms in total. The van der Waals surface area contributed by atoms with Crippen molar-refractivity contribution >= 4 is 47.2 Å². The minimum Gasteiger partial charge on any atom is -0.369 e. The molecule has 0 radical (unpaired) electrons. The van der Waals surface area contributed by atoms with Crippen LogP contribution in [0.5, 0.6) is 0 Å². The molecule has 1 amide bonds. The molecule has 1 aliphatic rings. The Kier molecular flexibility index (Phi) is 11.1. The van der Waals surface area contributed by atoms with Gasteiger partial charge in [0.15, 0.2) is 5.96 Å². The summed E-state index contributed by atoms with van der Waals surface area (Å²) in [6.07, 6.45) is 5.93. The normalized spacial score (nSPS) is 16.2. The molecule has 0 saturated carbocycles. The van der Waals surface area contributed by atoms with Crippen molar-refractivity contribution in [2.45, 2.75) is 39.2 Å². The number of aromatic nitrogens is 1. The minimum atomic E-state index is -0.143. The van der Waals surface area contributed by atoms with Crippen LogP contribution in [0.3, 0.4) is 0 Å². The van der Waals surface area contributed by atoms with E-state index in [1.165, 1.54) is 4.88 Å². The summed E-state index contributed by atoms with van der Waals surface area (Å²) in [4.78, 5) is 23.4. The molecule has 1 aromatic rings. The molecule has 9 heteroatoms. The number of carbonyl (C=O) groups is 1. The van der Waals surface area contributed by atoms with E-state index in [2.05, 4.69) is 32.4 Å². The van der Waals surface area contributed by atoms with Crippen LogP contribution in [0.2, 0.25) is 0 Å². The number of guanidine groups is 1. The van der Waals surface area contributed by atoms with Crippen molar-refractivity contribution < 1.29 is 4.79 Å². The van der Waals surface area contributed by atoms with Gasteiger partial charge in [0.2, 0.25) is 5.91 Å². The van der Waals surface area contributed by atoms with Gasteiger partial charge in [0, 0.05) is 30.6 Å². The van der Waals surface area contributed by atoms with Crippen LogP contribution in [0.25, 0.3) is 0 Å². The SMILES string of the molecule is CN=C(NCCCCN1CCC(C(N)=O)CC1)NCc1ncc(C)s1.I. The zero-order chi connectivity index (χ0) is 18.1. The first-order valence-electron chi connectivity index (χ1n) is 8.96. The van der Waals surface area contributed by atoms with Gasteiger partial charge in [-0.1, -0.05) is 0 Å². The maximum absolute atomic E-state index is 11.2. The number of halogens is 1. The second-order valence-corrected chi connectivity index (χ2v) is 7.76. The van der Waals surface area contributed by atoms with Gasteiger partial charge in [-0.3, -0.25) is 9.79 Å². The Morgan fingerprint density at radius 2 is 2.12 bits per heavy atom. The van der Waals surface area contributed by atoms with Crippen LogP contribution in [0, 0.1) is 12.8 Å². The highest BCUT2D eigenvalue weighted by molar-refractivity contribution is 14.0. The lowest BCUT2D eigenvalue weighted by atomic mass is 9.96. The number of hydrogen-bond acceptors (Lipinski definition) is 5. The highest BCUT2D eigenvalue weighted by Crippen LogP contribution is 2.16. The second-order valence-electron chi connectivity index (χ2n) is 6.44. The summed E-state index contributed by atoms with van der Waals surface area (Å²) >= 11 is 1.70. The Morgan fingerprint density at radius 1 is 1.38 bits per heavy atom. The van der Waals surface area contributed by atoms with Gasteiger partial charge in [-0.05, 0) is 52.2 Å². The maximum atomic E-state index is 11.2. The molecule has 0 aromatic carbocycles. The molecule has 0 atom stereocenters. The van der Waals surface area contributed by atoms with Gasteiger partial charge in [0.05, 0.1) is 6.54 Å². The molecule has 0 bridgehead atoms. The Hall–Kier alpha value is -0.940. The Morgan fingerprint density at radius 3 is 2.69 bits per heavy atom. The first kappa shape index (κ1) is 23.1. The number of aryl methyl sites for hydroxylation is 1. The number of unbranched alkanes of at least 4 members (excludes halogenated alkanes) is 1. The fourth-order valence-electron chi connectivity index (χ4n) is 2.97. The molecular weight excluding hydrogens is 463 g/mol. The van der Waals surface area contributed by atoms with Crippen molar-refractivity contribution in [2.24, 2.45) is 16.6 Å². The summed E-state index contributed by atoms with van der Waals surface area (Å²) in [5.41, 5.74) is 5.37. The lowest BCUT2D eigenvalue weighted by Gasteiger charge is -2.30. The van der Waals surface area contributed by atoms with E-state index >= 15 is 0 Å². The van der Waals surface area contributed by atoms with Crippen LogP contribution < -0.4 is 16.4 Å². The molecule has 26 heavy (non-hydrogen) atoms. The first-order chi connectivity index (χ1) is 12.1. The minimum absolute atomic E-state index is 0. The number of nitrogens with one attached hydrogen (secondary N) is 2. The average Bonchev–Trinajstić information content (AvgIpc) is 3.03. The number of likely N-dealkylation sites (tertiary alicyclic amines) is 1. The molecule has 0 spiro atoms. The highest BCUT2D eigenvalue weighted by Gasteiger charge is 2.22.